The SMILES string of the molecule is C[C@]1(CCc2cc(F)c3cc(Cl)c(N)nc3c2)C[C@@H](n2ccc3c(N)nccc32)[C@H](O)[C@@H]1O. The Morgan fingerprint density at radius 3 is 2.76 bits per heavy atom. The van der Waals surface area contributed by atoms with Crippen LogP contribution in [0.15, 0.2) is 42.7 Å². The average molecular weight is 470 g/mol. The minimum absolute atomic E-state index is 0.152. The predicted molar refractivity (Wildman–Crippen MR) is 127 cm³/mol. The minimum atomic E-state index is -0.947. The molecular weight excluding hydrogens is 445 g/mol. The van der Waals surface area contributed by atoms with Gasteiger partial charge in [0.15, 0.2) is 0 Å². The molecule has 0 unspecified atom stereocenters. The van der Waals surface area contributed by atoms with Crippen molar-refractivity contribution in [1.29, 1.82) is 0 Å². The Balaban J connectivity index is 1.40. The zero-order chi connectivity index (χ0) is 23.5. The smallest absolute Gasteiger partial charge is 0.142 e. The van der Waals surface area contributed by atoms with E-state index in [1.807, 2.05) is 29.8 Å². The van der Waals surface area contributed by atoms with Gasteiger partial charge in [-0.25, -0.2) is 14.4 Å². The van der Waals surface area contributed by atoms with Crippen LogP contribution >= 0.6 is 11.6 Å². The number of aliphatic hydroxyl groups excluding tert-OH is 2. The van der Waals surface area contributed by atoms with Gasteiger partial charge in [0.2, 0.25) is 0 Å². The van der Waals surface area contributed by atoms with Gasteiger partial charge in [-0.15, -0.1) is 0 Å². The summed E-state index contributed by atoms with van der Waals surface area (Å²) in [6.07, 6.45) is 3.24. The van der Waals surface area contributed by atoms with Crippen LogP contribution < -0.4 is 11.5 Å². The summed E-state index contributed by atoms with van der Waals surface area (Å²) in [5.41, 5.74) is 13.2. The van der Waals surface area contributed by atoms with E-state index in [0.29, 0.717) is 36.0 Å². The molecule has 0 saturated heterocycles. The van der Waals surface area contributed by atoms with Gasteiger partial charge in [0, 0.05) is 23.2 Å². The summed E-state index contributed by atoms with van der Waals surface area (Å²) >= 11 is 5.98. The molecule has 5 rings (SSSR count). The molecule has 0 bridgehead atoms. The van der Waals surface area contributed by atoms with Gasteiger partial charge in [-0.3, -0.25) is 0 Å². The zero-order valence-corrected chi connectivity index (χ0v) is 18.8. The van der Waals surface area contributed by atoms with Crippen molar-refractivity contribution in [2.75, 3.05) is 11.5 Å². The molecule has 6 N–H and O–H groups in total. The Labute approximate surface area is 194 Å². The molecular formula is C24H25ClFN5O2. The lowest BCUT2D eigenvalue weighted by atomic mass is 9.80. The molecule has 0 radical (unpaired) electrons. The summed E-state index contributed by atoms with van der Waals surface area (Å²) in [7, 11) is 0. The number of hydrogen-bond acceptors (Lipinski definition) is 6. The monoisotopic (exact) mass is 469 g/mol. The van der Waals surface area contributed by atoms with Crippen molar-refractivity contribution in [1.82, 2.24) is 14.5 Å². The van der Waals surface area contributed by atoms with Gasteiger partial charge < -0.3 is 26.2 Å². The summed E-state index contributed by atoms with van der Waals surface area (Å²) in [4.78, 5) is 8.31. The standard InChI is InChI=1S/C24H25ClFN5O2/c1-24(5-2-12-8-16(26)14-10-15(25)23(28)30-17(14)9-12)11-19(20(32)21(24)33)31-7-4-13-18(31)3-6-29-22(13)27/h3-4,6-10,19-21,32-33H,2,5,11H2,1H3,(H2,27,29)(H2,28,30)/t19-,20+,21+,24+/m1/s1. The van der Waals surface area contributed by atoms with Gasteiger partial charge in [-0.05, 0) is 60.6 Å². The largest absolute Gasteiger partial charge is 0.390 e. The number of nitrogens with zero attached hydrogens (tertiary/aromatic N) is 3. The minimum Gasteiger partial charge on any atom is -0.390 e. The number of halogens is 2. The molecule has 0 amide bonds. The third kappa shape index (κ3) is 3.58. The highest BCUT2D eigenvalue weighted by atomic mass is 35.5. The van der Waals surface area contributed by atoms with Crippen molar-refractivity contribution in [3.05, 3.63) is 59.1 Å². The number of pyridine rings is 2. The van der Waals surface area contributed by atoms with Crippen molar-refractivity contribution in [3.63, 3.8) is 0 Å². The summed E-state index contributed by atoms with van der Waals surface area (Å²) in [6, 6.07) is 8.13. The van der Waals surface area contributed by atoms with E-state index < -0.39 is 23.4 Å². The fourth-order valence-corrected chi connectivity index (χ4v) is 5.26. The molecule has 0 aliphatic heterocycles. The number of benzene rings is 1. The molecule has 3 aromatic heterocycles. The van der Waals surface area contributed by atoms with Crippen LogP contribution in [-0.2, 0) is 6.42 Å². The van der Waals surface area contributed by atoms with E-state index in [1.54, 1.807) is 12.3 Å². The number of nitrogens with two attached hydrogens (primary N) is 2. The molecule has 33 heavy (non-hydrogen) atoms. The molecule has 1 saturated carbocycles. The Morgan fingerprint density at radius 1 is 1.18 bits per heavy atom. The van der Waals surface area contributed by atoms with Gasteiger partial charge in [-0.2, -0.15) is 0 Å². The Morgan fingerprint density at radius 2 is 1.97 bits per heavy atom. The van der Waals surface area contributed by atoms with Gasteiger partial charge in [-0.1, -0.05) is 18.5 Å². The van der Waals surface area contributed by atoms with Crippen molar-refractivity contribution >= 4 is 45.0 Å². The van der Waals surface area contributed by atoms with Gasteiger partial charge in [0.25, 0.3) is 0 Å². The molecule has 3 heterocycles. The second kappa shape index (κ2) is 7.83. The number of aromatic nitrogens is 3. The van der Waals surface area contributed by atoms with Crippen LogP contribution in [-0.4, -0.2) is 37.0 Å². The predicted octanol–water partition coefficient (Wildman–Crippen LogP) is 3.85. The van der Waals surface area contributed by atoms with Crippen molar-refractivity contribution in [3.8, 4) is 0 Å². The quantitative estimate of drug-likeness (QED) is 0.360. The first-order valence-corrected chi connectivity index (χ1v) is 11.2. The van der Waals surface area contributed by atoms with E-state index in [2.05, 4.69) is 9.97 Å². The molecule has 1 aliphatic carbocycles. The van der Waals surface area contributed by atoms with Gasteiger partial charge in [0.05, 0.1) is 28.2 Å². The number of aryl methyl sites for hydroxylation is 1. The maximum Gasteiger partial charge on any atom is 0.142 e. The summed E-state index contributed by atoms with van der Waals surface area (Å²) in [6.45, 7) is 1.95. The van der Waals surface area contributed by atoms with Crippen LogP contribution in [0.4, 0.5) is 16.0 Å². The van der Waals surface area contributed by atoms with E-state index in [9.17, 15) is 14.6 Å². The van der Waals surface area contributed by atoms with E-state index in [4.69, 9.17) is 23.1 Å². The lowest BCUT2D eigenvalue weighted by Gasteiger charge is -2.28. The van der Waals surface area contributed by atoms with E-state index >= 15 is 0 Å². The lowest BCUT2D eigenvalue weighted by molar-refractivity contribution is -0.0241. The topological polar surface area (TPSA) is 123 Å². The third-order valence-electron chi connectivity index (χ3n) is 7.05. The molecule has 7 nitrogen and oxygen atoms in total. The highest BCUT2D eigenvalue weighted by Crippen LogP contribution is 2.48. The number of rotatable bonds is 4. The second-order valence-electron chi connectivity index (χ2n) is 9.21. The summed E-state index contributed by atoms with van der Waals surface area (Å²) in [5.74, 6) is 0.160. The fraction of sp³-hybridized carbons (Fsp3) is 0.333. The van der Waals surface area contributed by atoms with Gasteiger partial charge >= 0.3 is 0 Å². The normalized spacial score (nSPS) is 25.3. The van der Waals surface area contributed by atoms with E-state index in [-0.39, 0.29) is 16.9 Å². The van der Waals surface area contributed by atoms with Crippen LogP contribution in [0.25, 0.3) is 21.8 Å². The van der Waals surface area contributed by atoms with E-state index in [1.165, 1.54) is 12.1 Å². The molecule has 1 aliphatic rings. The first-order chi connectivity index (χ1) is 15.7. The number of aliphatic hydroxyl groups is 2. The maximum absolute atomic E-state index is 14.7. The lowest BCUT2D eigenvalue weighted by Crippen LogP contribution is -2.35. The molecule has 4 atom stereocenters. The van der Waals surface area contributed by atoms with Gasteiger partial charge in [0.1, 0.15) is 23.6 Å². The maximum atomic E-state index is 14.7. The van der Waals surface area contributed by atoms with E-state index in [0.717, 1.165) is 16.5 Å². The number of hydrogen-bond donors (Lipinski definition) is 4. The third-order valence-corrected chi connectivity index (χ3v) is 7.35. The number of anilines is 2. The van der Waals surface area contributed by atoms with Crippen molar-refractivity contribution in [2.45, 2.75) is 44.4 Å². The summed E-state index contributed by atoms with van der Waals surface area (Å²) < 4.78 is 16.6. The molecule has 0 spiro atoms. The number of fused-ring (bicyclic) bond motifs is 2. The van der Waals surface area contributed by atoms with Crippen molar-refractivity contribution < 1.29 is 14.6 Å². The molecule has 1 aromatic carbocycles. The molecule has 1 fully saturated rings. The number of nitrogen functional groups attached to an aromatic ring is 2. The highest BCUT2D eigenvalue weighted by molar-refractivity contribution is 6.33. The van der Waals surface area contributed by atoms with Crippen LogP contribution in [0.2, 0.25) is 5.02 Å². The molecule has 9 heteroatoms. The molecule has 172 valence electrons. The molecule has 4 aromatic rings. The first-order valence-electron chi connectivity index (χ1n) is 10.8. The highest BCUT2D eigenvalue weighted by Gasteiger charge is 2.50. The zero-order valence-electron chi connectivity index (χ0n) is 18.0. The Hall–Kier alpha value is -2.94. The van der Waals surface area contributed by atoms with Crippen LogP contribution in [0, 0.1) is 11.2 Å². The van der Waals surface area contributed by atoms with Crippen molar-refractivity contribution in [2.24, 2.45) is 5.41 Å². The Kier molecular flexibility index (Phi) is 5.19. The Bertz CT molecular complexity index is 1380. The van der Waals surface area contributed by atoms with Crippen LogP contribution in [0.1, 0.15) is 31.4 Å². The van der Waals surface area contributed by atoms with Crippen LogP contribution in [0.3, 0.4) is 0 Å². The summed E-state index contributed by atoms with van der Waals surface area (Å²) in [5, 5.41) is 23.2. The van der Waals surface area contributed by atoms with Crippen LogP contribution in [0.5, 0.6) is 0 Å². The average Bonchev–Trinajstić information content (AvgIpc) is 3.30. The second-order valence-corrected chi connectivity index (χ2v) is 9.62. The first kappa shape index (κ1) is 21.9. The fourth-order valence-electron chi connectivity index (χ4n) is 5.11.